The Morgan fingerprint density at radius 1 is 1.04 bits per heavy atom. The fourth-order valence-corrected chi connectivity index (χ4v) is 3.94. The van der Waals surface area contributed by atoms with E-state index in [0.29, 0.717) is 30.8 Å². The van der Waals surface area contributed by atoms with Crippen molar-refractivity contribution in [2.75, 3.05) is 0 Å². The van der Waals surface area contributed by atoms with E-state index in [2.05, 4.69) is 20.4 Å². The number of carbonyl (C=O) groups excluding carboxylic acids is 1. The van der Waals surface area contributed by atoms with Crippen LogP contribution >= 0.6 is 0 Å². The Labute approximate surface area is 138 Å². The van der Waals surface area contributed by atoms with Gasteiger partial charge in [0, 0.05) is 12.8 Å². The van der Waals surface area contributed by atoms with Gasteiger partial charge in [-0.3, -0.25) is 4.79 Å². The highest BCUT2D eigenvalue weighted by Crippen LogP contribution is 2.44. The molecule has 0 saturated carbocycles. The second-order valence-electron chi connectivity index (χ2n) is 7.66. The fraction of sp³-hybridized carbons (Fsp3) is 0.833. The molecular formula is C18H30O5. The maximum absolute atomic E-state index is 11.5. The average molecular weight is 326 g/mol. The van der Waals surface area contributed by atoms with E-state index in [4.69, 9.17) is 9.47 Å². The molecule has 2 aliphatic rings. The molecule has 2 fully saturated rings. The third kappa shape index (κ3) is 4.21. The molecule has 0 amide bonds. The lowest BCUT2D eigenvalue weighted by Gasteiger charge is -2.50. The molecule has 0 aromatic heterocycles. The lowest BCUT2D eigenvalue weighted by molar-refractivity contribution is -0.342. The summed E-state index contributed by atoms with van der Waals surface area (Å²) < 4.78 is 12.3. The van der Waals surface area contributed by atoms with Gasteiger partial charge in [0.1, 0.15) is 12.2 Å². The van der Waals surface area contributed by atoms with Crippen LogP contribution in [0.15, 0.2) is 12.2 Å². The van der Waals surface area contributed by atoms with E-state index in [9.17, 15) is 15.0 Å². The smallest absolute Gasteiger partial charge is 0.169 e. The van der Waals surface area contributed by atoms with E-state index in [0.717, 1.165) is 6.42 Å². The van der Waals surface area contributed by atoms with Crippen LogP contribution in [-0.4, -0.2) is 46.2 Å². The van der Waals surface area contributed by atoms with Gasteiger partial charge in [0.25, 0.3) is 0 Å². The summed E-state index contributed by atoms with van der Waals surface area (Å²) in [6.45, 7) is 11.2. The topological polar surface area (TPSA) is 76.0 Å². The molecule has 1 spiro atoms. The minimum Gasteiger partial charge on any atom is -0.386 e. The van der Waals surface area contributed by atoms with E-state index in [1.54, 1.807) is 6.92 Å². The van der Waals surface area contributed by atoms with Crippen LogP contribution in [0.25, 0.3) is 0 Å². The Morgan fingerprint density at radius 2 is 1.48 bits per heavy atom. The molecule has 2 heterocycles. The molecule has 5 heteroatoms. The molecule has 2 saturated heterocycles. The third-order valence-corrected chi connectivity index (χ3v) is 4.95. The third-order valence-electron chi connectivity index (χ3n) is 4.95. The summed E-state index contributed by atoms with van der Waals surface area (Å²) in [7, 11) is 0. The number of ketones is 1. The zero-order valence-electron chi connectivity index (χ0n) is 14.6. The van der Waals surface area contributed by atoms with Gasteiger partial charge in [-0.15, -0.1) is 0 Å². The van der Waals surface area contributed by atoms with Crippen molar-refractivity contribution in [2.45, 2.75) is 83.6 Å². The van der Waals surface area contributed by atoms with E-state index in [1.807, 2.05) is 0 Å². The Kier molecular flexibility index (Phi) is 5.67. The van der Waals surface area contributed by atoms with Crippen LogP contribution in [-0.2, 0) is 14.3 Å². The molecule has 0 aromatic rings. The second-order valence-corrected chi connectivity index (χ2v) is 7.66. The molecule has 0 radical (unpaired) electrons. The summed E-state index contributed by atoms with van der Waals surface area (Å²) in [4.78, 5) is 11.5. The van der Waals surface area contributed by atoms with Crippen molar-refractivity contribution >= 4 is 5.78 Å². The molecule has 0 aromatic carbocycles. The molecule has 7 atom stereocenters. The average Bonchev–Trinajstić information content (AvgIpc) is 2.43. The Morgan fingerprint density at radius 3 is 1.87 bits per heavy atom. The lowest BCUT2D eigenvalue weighted by Crippen LogP contribution is -2.56. The van der Waals surface area contributed by atoms with E-state index >= 15 is 0 Å². The zero-order valence-corrected chi connectivity index (χ0v) is 14.6. The van der Waals surface area contributed by atoms with Gasteiger partial charge in [-0.1, -0.05) is 20.4 Å². The van der Waals surface area contributed by atoms with Gasteiger partial charge >= 0.3 is 0 Å². The minimum atomic E-state index is -1.13. The number of hydrogen-bond donors (Lipinski definition) is 2. The lowest BCUT2D eigenvalue weighted by atomic mass is 9.80. The van der Waals surface area contributed by atoms with Crippen LogP contribution in [0.3, 0.4) is 0 Å². The zero-order chi connectivity index (χ0) is 17.4. The minimum absolute atomic E-state index is 0.274. The monoisotopic (exact) mass is 326 g/mol. The summed E-state index contributed by atoms with van der Waals surface area (Å²) in [5.74, 6) is -0.530. The summed E-state index contributed by atoms with van der Waals surface area (Å²) >= 11 is 0. The van der Waals surface area contributed by atoms with Crippen LogP contribution < -0.4 is 0 Å². The second kappa shape index (κ2) is 7.01. The SMILES string of the molecule is C=C(C)[C@H](O)[C@@H]1C[C@H](C)C[C@]2(C[C@H](C)C[C@@H](C(O)C(C)=O)O2)O1. The number of hydrogen-bond acceptors (Lipinski definition) is 5. The van der Waals surface area contributed by atoms with Crippen LogP contribution in [0, 0.1) is 11.8 Å². The van der Waals surface area contributed by atoms with E-state index < -0.39 is 24.1 Å². The predicted octanol–water partition coefficient (Wildman–Crippen LogP) is 2.20. The van der Waals surface area contributed by atoms with Crippen molar-refractivity contribution in [1.29, 1.82) is 0 Å². The summed E-state index contributed by atoms with van der Waals surface area (Å²) in [5, 5.41) is 20.4. The summed E-state index contributed by atoms with van der Waals surface area (Å²) in [5.41, 5.74) is 0.670. The molecule has 0 bridgehead atoms. The number of aliphatic hydroxyl groups excluding tert-OH is 2. The number of aliphatic hydroxyl groups is 2. The van der Waals surface area contributed by atoms with E-state index in [1.165, 1.54) is 6.92 Å². The first-order chi connectivity index (χ1) is 10.6. The number of Topliss-reactive ketones (excluding diaryl/α,β-unsaturated/α-hetero) is 1. The first kappa shape index (κ1) is 18.6. The highest BCUT2D eigenvalue weighted by atomic mass is 16.7. The van der Waals surface area contributed by atoms with Crippen molar-refractivity contribution in [3.8, 4) is 0 Å². The number of carbonyl (C=O) groups is 1. The van der Waals surface area contributed by atoms with Gasteiger partial charge in [-0.25, -0.2) is 0 Å². The quantitative estimate of drug-likeness (QED) is 0.775. The van der Waals surface area contributed by atoms with Crippen LogP contribution in [0.4, 0.5) is 0 Å². The molecule has 5 nitrogen and oxygen atoms in total. The molecule has 2 rings (SSSR count). The highest BCUT2D eigenvalue weighted by Gasteiger charge is 2.49. The molecule has 0 aliphatic carbocycles. The van der Waals surface area contributed by atoms with Crippen molar-refractivity contribution in [2.24, 2.45) is 11.8 Å². The van der Waals surface area contributed by atoms with Gasteiger partial charge in [0.15, 0.2) is 11.6 Å². The maximum Gasteiger partial charge on any atom is 0.169 e. The number of ether oxygens (including phenoxy) is 2. The van der Waals surface area contributed by atoms with Crippen molar-refractivity contribution in [3.05, 3.63) is 12.2 Å². The fourth-order valence-electron chi connectivity index (χ4n) is 3.94. The Balaban J connectivity index is 2.20. The first-order valence-electron chi connectivity index (χ1n) is 8.51. The predicted molar refractivity (Wildman–Crippen MR) is 86.8 cm³/mol. The largest absolute Gasteiger partial charge is 0.386 e. The van der Waals surface area contributed by atoms with Crippen LogP contribution in [0.2, 0.25) is 0 Å². The molecule has 2 N–H and O–H groups in total. The summed E-state index contributed by atoms with van der Waals surface area (Å²) in [6.07, 6.45) is 0.0180. The van der Waals surface area contributed by atoms with E-state index in [-0.39, 0.29) is 17.8 Å². The normalized spacial score (nSPS) is 40.6. The van der Waals surface area contributed by atoms with Gasteiger partial charge in [0.05, 0.1) is 12.2 Å². The number of rotatable bonds is 4. The van der Waals surface area contributed by atoms with Crippen LogP contribution in [0.1, 0.15) is 53.4 Å². The first-order valence-corrected chi connectivity index (χ1v) is 8.51. The van der Waals surface area contributed by atoms with Gasteiger partial charge in [0.2, 0.25) is 0 Å². The molecular weight excluding hydrogens is 296 g/mol. The van der Waals surface area contributed by atoms with Crippen molar-refractivity contribution < 1.29 is 24.5 Å². The maximum atomic E-state index is 11.5. The Bertz CT molecular complexity index is 418. The standard InChI is InChI=1S/C18H30O5/c1-10(2)16(20)14-6-11(3)8-18(22-14)9-12(4)7-15(23-18)17(21)13(5)19/h11-12,14-17,20-21H,1,6-9H2,2-5H3/t11-,12+,14-,15-,16-,17?,18-/m0/s1. The molecule has 23 heavy (non-hydrogen) atoms. The van der Waals surface area contributed by atoms with Crippen LogP contribution in [0.5, 0.6) is 0 Å². The van der Waals surface area contributed by atoms with Gasteiger partial charge < -0.3 is 19.7 Å². The molecule has 2 aliphatic heterocycles. The highest BCUT2D eigenvalue weighted by molar-refractivity contribution is 5.80. The Hall–Kier alpha value is -0.750. The van der Waals surface area contributed by atoms with Gasteiger partial charge in [-0.2, -0.15) is 0 Å². The summed E-state index contributed by atoms with van der Waals surface area (Å²) in [6, 6.07) is 0. The van der Waals surface area contributed by atoms with Crippen molar-refractivity contribution in [1.82, 2.24) is 0 Å². The van der Waals surface area contributed by atoms with Crippen molar-refractivity contribution in [3.63, 3.8) is 0 Å². The van der Waals surface area contributed by atoms with Gasteiger partial charge in [-0.05, 0) is 44.1 Å². The molecule has 132 valence electrons. The molecule has 1 unspecified atom stereocenters.